The Kier molecular flexibility index (Phi) is 6.76. The average Bonchev–Trinajstić information content (AvgIpc) is 3.14. The molecule has 34 heavy (non-hydrogen) atoms. The van der Waals surface area contributed by atoms with E-state index < -0.39 is 21.4 Å². The van der Waals surface area contributed by atoms with Gasteiger partial charge < -0.3 is 15.2 Å². The van der Waals surface area contributed by atoms with Crippen LogP contribution < -0.4 is 14.8 Å². The van der Waals surface area contributed by atoms with Crippen molar-refractivity contribution in [1.82, 2.24) is 19.3 Å². The SMILES string of the molecule is CC=S(C)(=O)NC(=O)c1cn2ncnc(Nc3ccc(F)cc3OC3CCC(O)CC3)c2c1C. The van der Waals surface area contributed by atoms with Crippen LogP contribution in [0.2, 0.25) is 0 Å². The standard InChI is InChI=1S/C23H28FN5O4S/c1-4-34(3,32)28-23(31)18-12-29-21(14(18)2)22(25-13-26-29)27-19-10-5-15(24)11-20(19)33-17-8-6-16(30)7-9-17/h4-5,10-13,16-17,30H,6-9H2,1-3H3,(H,25,26,27)(H,28,31,32). The van der Waals surface area contributed by atoms with Crippen molar-refractivity contribution < 1.29 is 23.2 Å². The quantitative estimate of drug-likeness (QED) is 0.456. The Balaban J connectivity index is 1.66. The molecule has 2 heterocycles. The summed E-state index contributed by atoms with van der Waals surface area (Å²) in [7, 11) is -2.61. The predicted octanol–water partition coefficient (Wildman–Crippen LogP) is 2.98. The second-order valence-corrected chi connectivity index (χ2v) is 10.9. The highest BCUT2D eigenvalue weighted by atomic mass is 32.2. The van der Waals surface area contributed by atoms with Crippen LogP contribution in [0.25, 0.3) is 5.52 Å². The van der Waals surface area contributed by atoms with Crippen LogP contribution in [0.15, 0.2) is 30.7 Å². The molecule has 0 bridgehead atoms. The van der Waals surface area contributed by atoms with E-state index in [2.05, 4.69) is 20.1 Å². The number of amides is 1. The van der Waals surface area contributed by atoms with Crippen molar-refractivity contribution in [2.75, 3.05) is 11.6 Å². The van der Waals surface area contributed by atoms with Gasteiger partial charge >= 0.3 is 0 Å². The average molecular weight is 490 g/mol. The Labute approximate surface area is 197 Å². The number of ether oxygens (including phenoxy) is 1. The van der Waals surface area contributed by atoms with E-state index in [0.717, 1.165) is 0 Å². The summed E-state index contributed by atoms with van der Waals surface area (Å²) in [5.74, 6) is -0.173. The smallest absolute Gasteiger partial charge is 0.264 e. The van der Waals surface area contributed by atoms with Crippen LogP contribution in [0.3, 0.4) is 0 Å². The fourth-order valence-electron chi connectivity index (χ4n) is 3.95. The highest BCUT2D eigenvalue weighted by Crippen LogP contribution is 2.33. The molecule has 1 amide bonds. The monoisotopic (exact) mass is 489 g/mol. The third-order valence-corrected chi connectivity index (χ3v) is 7.44. The number of nitrogens with zero attached hydrogens (tertiary/aromatic N) is 3. The van der Waals surface area contributed by atoms with Crippen molar-refractivity contribution >= 4 is 38.0 Å². The number of hydrogen-bond acceptors (Lipinski definition) is 7. The Morgan fingerprint density at radius 3 is 2.76 bits per heavy atom. The fraction of sp³-hybridized carbons (Fsp3) is 0.391. The number of aliphatic hydroxyl groups is 1. The minimum Gasteiger partial charge on any atom is -0.488 e. The molecule has 2 aromatic heterocycles. The Bertz CT molecular complexity index is 1340. The molecule has 182 valence electrons. The lowest BCUT2D eigenvalue weighted by Gasteiger charge is -2.27. The lowest BCUT2D eigenvalue weighted by molar-refractivity contribution is 0.0668. The third kappa shape index (κ3) is 5.15. The Hall–Kier alpha value is -3.18. The fourth-order valence-corrected chi connectivity index (χ4v) is 4.54. The van der Waals surface area contributed by atoms with E-state index in [1.54, 1.807) is 26.1 Å². The van der Waals surface area contributed by atoms with Crippen LogP contribution in [0.5, 0.6) is 5.75 Å². The van der Waals surface area contributed by atoms with Crippen molar-refractivity contribution in [3.8, 4) is 5.75 Å². The summed E-state index contributed by atoms with van der Waals surface area (Å²) in [6.45, 7) is 3.37. The topological polar surface area (TPSA) is 118 Å². The van der Waals surface area contributed by atoms with Crippen molar-refractivity contribution in [2.45, 2.75) is 51.7 Å². The van der Waals surface area contributed by atoms with Crippen LogP contribution in [-0.4, -0.2) is 53.7 Å². The van der Waals surface area contributed by atoms with Crippen molar-refractivity contribution in [3.05, 3.63) is 47.7 Å². The Morgan fingerprint density at radius 1 is 1.32 bits per heavy atom. The molecule has 4 rings (SSSR count). The first-order chi connectivity index (χ1) is 16.2. The molecule has 1 fully saturated rings. The maximum atomic E-state index is 14.0. The molecule has 0 radical (unpaired) electrons. The number of hydrogen-bond donors (Lipinski definition) is 3. The molecule has 1 aliphatic carbocycles. The Morgan fingerprint density at radius 2 is 2.06 bits per heavy atom. The van der Waals surface area contributed by atoms with Crippen molar-refractivity contribution in [2.24, 2.45) is 0 Å². The maximum absolute atomic E-state index is 14.0. The number of aryl methyl sites for hydroxylation is 1. The van der Waals surface area contributed by atoms with Crippen LogP contribution in [-0.2, 0) is 9.71 Å². The number of halogens is 1. The minimum atomic E-state index is -2.61. The molecule has 9 nitrogen and oxygen atoms in total. The molecule has 1 atom stereocenters. The molecular formula is C23H28FN5O4S. The van der Waals surface area contributed by atoms with Crippen LogP contribution in [0, 0.1) is 12.7 Å². The molecule has 1 saturated carbocycles. The largest absolute Gasteiger partial charge is 0.488 e. The number of rotatable bonds is 6. The van der Waals surface area contributed by atoms with Crippen LogP contribution >= 0.6 is 0 Å². The summed E-state index contributed by atoms with van der Waals surface area (Å²) in [4.78, 5) is 17.1. The van der Waals surface area contributed by atoms with E-state index >= 15 is 0 Å². The molecule has 3 aromatic rings. The number of aliphatic hydroxyl groups excluding tert-OH is 1. The second kappa shape index (κ2) is 9.59. The van der Waals surface area contributed by atoms with Crippen molar-refractivity contribution in [3.63, 3.8) is 0 Å². The first-order valence-corrected chi connectivity index (χ1v) is 13.0. The zero-order valence-electron chi connectivity index (χ0n) is 19.2. The van der Waals surface area contributed by atoms with Gasteiger partial charge in [0, 0.05) is 28.2 Å². The molecule has 0 spiro atoms. The van der Waals surface area contributed by atoms with Gasteiger partial charge in [0.2, 0.25) is 0 Å². The number of fused-ring (bicyclic) bond motifs is 1. The van der Waals surface area contributed by atoms with Gasteiger partial charge in [-0.3, -0.25) is 9.52 Å². The lowest BCUT2D eigenvalue weighted by atomic mass is 9.95. The first-order valence-electron chi connectivity index (χ1n) is 11.0. The van der Waals surface area contributed by atoms with E-state index in [1.165, 1.54) is 34.6 Å². The van der Waals surface area contributed by atoms with E-state index in [0.29, 0.717) is 59.6 Å². The van der Waals surface area contributed by atoms with Gasteiger partial charge in [-0.15, -0.1) is 0 Å². The predicted molar refractivity (Wildman–Crippen MR) is 130 cm³/mol. The van der Waals surface area contributed by atoms with Gasteiger partial charge in [0.1, 0.15) is 23.4 Å². The molecule has 1 aromatic carbocycles. The van der Waals surface area contributed by atoms with E-state index in [4.69, 9.17) is 4.74 Å². The molecule has 1 aliphatic rings. The summed E-state index contributed by atoms with van der Waals surface area (Å²) >= 11 is 0. The summed E-state index contributed by atoms with van der Waals surface area (Å²) in [5.41, 5.74) is 1.97. The van der Waals surface area contributed by atoms with Gasteiger partial charge in [0.15, 0.2) is 5.82 Å². The van der Waals surface area contributed by atoms with Crippen LogP contribution in [0.1, 0.15) is 48.5 Å². The first kappa shape index (κ1) is 24.0. The molecule has 0 saturated heterocycles. The highest BCUT2D eigenvalue weighted by molar-refractivity contribution is 7.99. The van der Waals surface area contributed by atoms with Gasteiger partial charge in [-0.2, -0.15) is 5.10 Å². The second-order valence-electron chi connectivity index (χ2n) is 8.45. The zero-order valence-corrected chi connectivity index (χ0v) is 20.1. The third-order valence-electron chi connectivity index (χ3n) is 5.95. The molecule has 1 unspecified atom stereocenters. The number of nitrogens with one attached hydrogen (secondary N) is 2. The van der Waals surface area contributed by atoms with Gasteiger partial charge in [0.25, 0.3) is 5.91 Å². The summed E-state index contributed by atoms with van der Waals surface area (Å²) in [5, 5.41) is 18.6. The highest BCUT2D eigenvalue weighted by Gasteiger charge is 2.23. The molecule has 11 heteroatoms. The minimum absolute atomic E-state index is 0.124. The van der Waals surface area contributed by atoms with E-state index in [1.807, 2.05) is 0 Å². The van der Waals surface area contributed by atoms with E-state index in [-0.39, 0.29) is 12.2 Å². The summed E-state index contributed by atoms with van der Waals surface area (Å²) in [6.07, 6.45) is 6.54. The number of anilines is 2. The van der Waals surface area contributed by atoms with Crippen LogP contribution in [0.4, 0.5) is 15.9 Å². The zero-order chi connectivity index (χ0) is 24.5. The number of carbonyl (C=O) groups excluding carboxylic acids is 1. The van der Waals surface area contributed by atoms with Gasteiger partial charge in [-0.1, -0.05) is 0 Å². The molecule has 0 aliphatic heterocycles. The van der Waals surface area contributed by atoms with Crippen molar-refractivity contribution in [1.29, 1.82) is 0 Å². The van der Waals surface area contributed by atoms with Gasteiger partial charge in [-0.25, -0.2) is 18.1 Å². The summed E-state index contributed by atoms with van der Waals surface area (Å²) in [6, 6.07) is 4.20. The maximum Gasteiger partial charge on any atom is 0.264 e. The number of aromatic nitrogens is 3. The molecular weight excluding hydrogens is 461 g/mol. The van der Waals surface area contributed by atoms with Gasteiger partial charge in [-0.05, 0) is 62.6 Å². The molecule has 3 N–H and O–H groups in total. The lowest BCUT2D eigenvalue weighted by Crippen LogP contribution is -2.30. The summed E-state index contributed by atoms with van der Waals surface area (Å²) < 4.78 is 36.5. The van der Waals surface area contributed by atoms with E-state index in [9.17, 15) is 18.5 Å². The number of carbonyl (C=O) groups is 1. The number of benzene rings is 1. The van der Waals surface area contributed by atoms with Gasteiger partial charge in [0.05, 0.1) is 23.5 Å². The normalized spacial score (nSPS) is 19.9.